The Morgan fingerprint density at radius 1 is 1.37 bits per heavy atom. The predicted octanol–water partition coefficient (Wildman–Crippen LogP) is 1.41. The molecule has 0 saturated carbocycles. The number of hydrogen-bond acceptors (Lipinski definition) is 4. The number of methoxy groups -OCH3 is 1. The van der Waals surface area contributed by atoms with Crippen LogP contribution in [0.2, 0.25) is 0 Å². The third kappa shape index (κ3) is 4.54. The maximum Gasteiger partial charge on any atom is 0.253 e. The van der Waals surface area contributed by atoms with E-state index in [0.717, 1.165) is 12.1 Å². The molecule has 5 nitrogen and oxygen atoms in total. The normalized spacial score (nSPS) is 10.3. The number of nitrogens with zero attached hydrogens (tertiary/aromatic N) is 1. The Bertz CT molecular complexity index is 396. The van der Waals surface area contributed by atoms with Gasteiger partial charge in [0.25, 0.3) is 5.91 Å². The van der Waals surface area contributed by atoms with Gasteiger partial charge in [0, 0.05) is 13.2 Å². The molecule has 0 saturated heterocycles. The average Bonchev–Trinajstić information content (AvgIpc) is 2.45. The first kappa shape index (κ1) is 15.5. The third-order valence-corrected chi connectivity index (χ3v) is 2.69. The van der Waals surface area contributed by atoms with Crippen molar-refractivity contribution in [3.63, 3.8) is 0 Å². The van der Waals surface area contributed by atoms with Crippen LogP contribution in [0.5, 0.6) is 5.75 Å². The van der Waals surface area contributed by atoms with Gasteiger partial charge >= 0.3 is 0 Å². The minimum absolute atomic E-state index is 0.0686. The zero-order valence-electron chi connectivity index (χ0n) is 11.6. The number of carbonyl (C=O) groups excluding carboxylic acids is 1. The van der Waals surface area contributed by atoms with E-state index in [4.69, 9.17) is 15.2 Å². The maximum absolute atomic E-state index is 12.2. The van der Waals surface area contributed by atoms with Crippen LogP contribution in [0.15, 0.2) is 24.3 Å². The summed E-state index contributed by atoms with van der Waals surface area (Å²) in [4.78, 5) is 13.8. The molecule has 0 unspecified atom stereocenters. The minimum atomic E-state index is -0.0835. The Balaban J connectivity index is 2.91. The van der Waals surface area contributed by atoms with E-state index in [1.54, 1.807) is 12.0 Å². The third-order valence-electron chi connectivity index (χ3n) is 2.69. The molecule has 5 heteroatoms. The molecule has 2 N–H and O–H groups in total. The number of anilines is 1. The number of carbonyl (C=O) groups is 1. The van der Waals surface area contributed by atoms with Crippen molar-refractivity contribution in [1.29, 1.82) is 0 Å². The molecule has 19 heavy (non-hydrogen) atoms. The van der Waals surface area contributed by atoms with Crippen LogP contribution in [-0.2, 0) is 9.53 Å². The molecule has 1 aromatic rings. The quantitative estimate of drug-likeness (QED) is 0.772. The summed E-state index contributed by atoms with van der Waals surface area (Å²) in [7, 11) is 1.59. The summed E-state index contributed by atoms with van der Waals surface area (Å²) in [6.45, 7) is 3.54. The molecule has 0 spiro atoms. The van der Waals surface area contributed by atoms with E-state index < -0.39 is 0 Å². The highest BCUT2D eigenvalue weighted by atomic mass is 16.5. The fourth-order valence-electron chi connectivity index (χ4n) is 1.75. The Kier molecular flexibility index (Phi) is 6.92. The van der Waals surface area contributed by atoms with Gasteiger partial charge in [-0.2, -0.15) is 0 Å². The van der Waals surface area contributed by atoms with E-state index in [2.05, 4.69) is 0 Å². The zero-order chi connectivity index (χ0) is 14.1. The van der Waals surface area contributed by atoms with Crippen molar-refractivity contribution in [2.45, 2.75) is 13.3 Å². The second kappa shape index (κ2) is 8.50. The molecule has 0 atom stereocenters. The van der Waals surface area contributed by atoms with Crippen LogP contribution in [0.4, 0.5) is 5.69 Å². The van der Waals surface area contributed by atoms with Crippen molar-refractivity contribution >= 4 is 11.6 Å². The molecule has 0 bridgehead atoms. The Morgan fingerprint density at radius 3 is 2.74 bits per heavy atom. The van der Waals surface area contributed by atoms with Gasteiger partial charge < -0.3 is 20.1 Å². The van der Waals surface area contributed by atoms with Crippen LogP contribution in [0.1, 0.15) is 13.3 Å². The molecular formula is C14H22N2O3. The molecule has 0 aromatic heterocycles. The number of hydrogen-bond donors (Lipinski definition) is 1. The number of nitrogens with two attached hydrogens (primary N) is 1. The lowest BCUT2D eigenvalue weighted by Crippen LogP contribution is -2.36. The number of amides is 1. The van der Waals surface area contributed by atoms with Gasteiger partial charge in [0.15, 0.2) is 0 Å². The molecule has 0 aliphatic heterocycles. The largest absolute Gasteiger partial charge is 0.495 e. The van der Waals surface area contributed by atoms with Crippen molar-refractivity contribution in [3.8, 4) is 5.75 Å². The molecule has 1 amide bonds. The van der Waals surface area contributed by atoms with E-state index in [9.17, 15) is 4.79 Å². The van der Waals surface area contributed by atoms with Gasteiger partial charge in [-0.15, -0.1) is 0 Å². The van der Waals surface area contributed by atoms with Crippen LogP contribution in [0.25, 0.3) is 0 Å². The maximum atomic E-state index is 12.2. The van der Waals surface area contributed by atoms with Crippen molar-refractivity contribution < 1.29 is 14.3 Å². The fourth-order valence-corrected chi connectivity index (χ4v) is 1.75. The van der Waals surface area contributed by atoms with Crippen LogP contribution >= 0.6 is 0 Å². The summed E-state index contributed by atoms with van der Waals surface area (Å²) >= 11 is 0. The van der Waals surface area contributed by atoms with Gasteiger partial charge in [0.1, 0.15) is 12.4 Å². The van der Waals surface area contributed by atoms with Crippen LogP contribution in [-0.4, -0.2) is 39.3 Å². The predicted molar refractivity (Wildman–Crippen MR) is 75.5 cm³/mol. The van der Waals surface area contributed by atoms with Gasteiger partial charge in [-0.05, 0) is 32.0 Å². The molecular weight excluding hydrogens is 244 g/mol. The zero-order valence-corrected chi connectivity index (χ0v) is 11.6. The summed E-state index contributed by atoms with van der Waals surface area (Å²) < 4.78 is 10.5. The van der Waals surface area contributed by atoms with Crippen molar-refractivity contribution in [2.75, 3.05) is 38.3 Å². The standard InChI is InChI=1S/C14H22N2O3/c1-3-19-11-14(17)16(10-6-9-15)12-7-4-5-8-13(12)18-2/h4-5,7-8H,3,6,9-11,15H2,1-2H3. The lowest BCUT2D eigenvalue weighted by atomic mass is 10.2. The molecule has 0 aliphatic carbocycles. The van der Waals surface area contributed by atoms with Gasteiger partial charge in [-0.3, -0.25) is 4.79 Å². The number of para-hydroxylation sites is 2. The van der Waals surface area contributed by atoms with Crippen molar-refractivity contribution in [1.82, 2.24) is 0 Å². The number of ether oxygens (including phenoxy) is 2. The molecule has 0 radical (unpaired) electrons. The minimum Gasteiger partial charge on any atom is -0.495 e. The number of rotatable bonds is 8. The first-order chi connectivity index (χ1) is 9.24. The monoisotopic (exact) mass is 266 g/mol. The van der Waals surface area contributed by atoms with Gasteiger partial charge in [0.05, 0.1) is 12.8 Å². The summed E-state index contributed by atoms with van der Waals surface area (Å²) in [6.07, 6.45) is 0.732. The highest BCUT2D eigenvalue weighted by molar-refractivity contribution is 5.95. The first-order valence-electron chi connectivity index (χ1n) is 6.45. The van der Waals surface area contributed by atoms with Crippen molar-refractivity contribution in [2.24, 2.45) is 5.73 Å². The number of benzene rings is 1. The molecule has 0 aliphatic rings. The van der Waals surface area contributed by atoms with E-state index in [1.807, 2.05) is 31.2 Å². The van der Waals surface area contributed by atoms with Gasteiger partial charge in [-0.25, -0.2) is 0 Å². The highest BCUT2D eigenvalue weighted by Crippen LogP contribution is 2.27. The molecule has 0 heterocycles. The summed E-state index contributed by atoms with van der Waals surface area (Å²) in [5.74, 6) is 0.587. The lowest BCUT2D eigenvalue weighted by Gasteiger charge is -2.24. The molecule has 106 valence electrons. The Hall–Kier alpha value is -1.59. The second-order valence-corrected chi connectivity index (χ2v) is 4.00. The topological polar surface area (TPSA) is 64.8 Å². The van der Waals surface area contributed by atoms with Crippen LogP contribution in [0, 0.1) is 0 Å². The van der Waals surface area contributed by atoms with E-state index in [0.29, 0.717) is 25.4 Å². The van der Waals surface area contributed by atoms with E-state index in [-0.39, 0.29) is 12.5 Å². The van der Waals surface area contributed by atoms with Crippen LogP contribution in [0.3, 0.4) is 0 Å². The molecule has 0 fully saturated rings. The second-order valence-electron chi connectivity index (χ2n) is 4.00. The van der Waals surface area contributed by atoms with E-state index >= 15 is 0 Å². The average molecular weight is 266 g/mol. The Morgan fingerprint density at radius 2 is 2.11 bits per heavy atom. The smallest absolute Gasteiger partial charge is 0.253 e. The van der Waals surface area contributed by atoms with Gasteiger partial charge in [-0.1, -0.05) is 12.1 Å². The first-order valence-corrected chi connectivity index (χ1v) is 6.45. The van der Waals surface area contributed by atoms with Gasteiger partial charge in [0.2, 0.25) is 0 Å². The summed E-state index contributed by atoms with van der Waals surface area (Å²) in [5, 5.41) is 0. The fraction of sp³-hybridized carbons (Fsp3) is 0.500. The molecule has 1 rings (SSSR count). The summed E-state index contributed by atoms with van der Waals surface area (Å²) in [6, 6.07) is 7.44. The summed E-state index contributed by atoms with van der Waals surface area (Å²) in [5.41, 5.74) is 6.28. The lowest BCUT2D eigenvalue weighted by molar-refractivity contribution is -0.123. The van der Waals surface area contributed by atoms with Crippen molar-refractivity contribution in [3.05, 3.63) is 24.3 Å². The van der Waals surface area contributed by atoms with E-state index in [1.165, 1.54) is 0 Å². The Labute approximate surface area is 114 Å². The van der Waals surface area contributed by atoms with Crippen LogP contribution < -0.4 is 15.4 Å². The highest BCUT2D eigenvalue weighted by Gasteiger charge is 2.18. The molecule has 1 aromatic carbocycles. The SMILES string of the molecule is CCOCC(=O)N(CCCN)c1ccccc1OC.